The highest BCUT2D eigenvalue weighted by molar-refractivity contribution is 6.32. The number of nitrogens with two attached hydrogens (primary N) is 1. The third-order valence-electron chi connectivity index (χ3n) is 3.39. The van der Waals surface area contributed by atoms with Crippen molar-refractivity contribution in [1.82, 2.24) is 0 Å². The van der Waals surface area contributed by atoms with E-state index in [-0.39, 0.29) is 10.8 Å². The lowest BCUT2D eigenvalue weighted by Gasteiger charge is -2.32. The average molecular weight is 308 g/mol. The molecule has 7 heteroatoms. The molecule has 0 bridgehead atoms. The van der Waals surface area contributed by atoms with E-state index in [2.05, 4.69) is 4.74 Å². The maximum Gasteiger partial charge on any atom is 0.573 e. The standard InChI is InChI=1S/C13H13ClF3NO2/c14-9-5-4-8(7-10(9)20-13(15,16)17)12(18)6-2-1-3-11(12)19/h4-5,7H,1-3,6,18H2. The Labute approximate surface area is 118 Å². The molecule has 0 radical (unpaired) electrons. The number of ketones is 1. The Morgan fingerprint density at radius 1 is 1.30 bits per heavy atom. The van der Waals surface area contributed by atoms with E-state index in [1.807, 2.05) is 0 Å². The van der Waals surface area contributed by atoms with Crippen LogP contribution in [0.5, 0.6) is 5.75 Å². The van der Waals surface area contributed by atoms with Gasteiger partial charge in [-0.1, -0.05) is 24.1 Å². The molecule has 1 unspecified atom stereocenters. The van der Waals surface area contributed by atoms with Crippen LogP contribution in [0.15, 0.2) is 18.2 Å². The van der Waals surface area contributed by atoms with Crippen LogP contribution in [0.25, 0.3) is 0 Å². The monoisotopic (exact) mass is 307 g/mol. The number of hydrogen-bond donors (Lipinski definition) is 1. The molecular weight excluding hydrogens is 295 g/mol. The molecule has 1 atom stereocenters. The number of hydrogen-bond acceptors (Lipinski definition) is 3. The Morgan fingerprint density at radius 3 is 2.60 bits per heavy atom. The van der Waals surface area contributed by atoms with Gasteiger partial charge in [0.15, 0.2) is 5.78 Å². The zero-order valence-corrected chi connectivity index (χ0v) is 11.2. The van der Waals surface area contributed by atoms with Crippen molar-refractivity contribution in [2.24, 2.45) is 5.73 Å². The van der Waals surface area contributed by atoms with Gasteiger partial charge >= 0.3 is 6.36 Å². The van der Waals surface area contributed by atoms with Crippen LogP contribution in [0.4, 0.5) is 13.2 Å². The maximum absolute atomic E-state index is 12.3. The van der Waals surface area contributed by atoms with Gasteiger partial charge in [0.1, 0.15) is 11.3 Å². The Kier molecular flexibility index (Phi) is 3.97. The summed E-state index contributed by atoms with van der Waals surface area (Å²) in [6, 6.07) is 3.82. The molecule has 0 aliphatic heterocycles. The second-order valence-electron chi connectivity index (χ2n) is 4.79. The molecule has 1 aliphatic carbocycles. The van der Waals surface area contributed by atoms with Crippen molar-refractivity contribution in [2.75, 3.05) is 0 Å². The van der Waals surface area contributed by atoms with Crippen molar-refractivity contribution >= 4 is 17.4 Å². The first-order valence-electron chi connectivity index (χ1n) is 6.10. The Balaban J connectivity index is 2.38. The topological polar surface area (TPSA) is 52.3 Å². The largest absolute Gasteiger partial charge is 0.573 e. The number of halogens is 4. The van der Waals surface area contributed by atoms with E-state index < -0.39 is 17.7 Å². The van der Waals surface area contributed by atoms with Gasteiger partial charge in [0.25, 0.3) is 0 Å². The molecular formula is C13H13ClF3NO2. The summed E-state index contributed by atoms with van der Waals surface area (Å²) in [5.74, 6) is -0.719. The van der Waals surface area contributed by atoms with Gasteiger partial charge in [0.05, 0.1) is 5.02 Å². The number of carbonyl (C=O) groups is 1. The minimum Gasteiger partial charge on any atom is -0.404 e. The summed E-state index contributed by atoms with van der Waals surface area (Å²) in [5, 5.41) is -0.182. The van der Waals surface area contributed by atoms with Gasteiger partial charge in [-0.05, 0) is 30.5 Å². The van der Waals surface area contributed by atoms with Crippen LogP contribution in [0.2, 0.25) is 5.02 Å². The lowest BCUT2D eigenvalue weighted by atomic mass is 9.76. The minimum atomic E-state index is -4.85. The van der Waals surface area contributed by atoms with Crippen molar-refractivity contribution in [3.8, 4) is 5.75 Å². The molecule has 2 rings (SSSR count). The third kappa shape index (κ3) is 3.07. The summed E-state index contributed by atoms with van der Waals surface area (Å²) in [4.78, 5) is 12.0. The van der Waals surface area contributed by atoms with E-state index in [0.717, 1.165) is 18.9 Å². The third-order valence-corrected chi connectivity index (χ3v) is 3.71. The lowest BCUT2D eigenvalue weighted by Crippen LogP contribution is -2.46. The predicted molar refractivity (Wildman–Crippen MR) is 67.5 cm³/mol. The molecule has 1 aromatic carbocycles. The van der Waals surface area contributed by atoms with E-state index in [1.54, 1.807) is 0 Å². The second kappa shape index (κ2) is 5.26. The summed E-state index contributed by atoms with van der Waals surface area (Å²) in [5.41, 5.74) is 5.12. The van der Waals surface area contributed by atoms with Gasteiger partial charge in [0.2, 0.25) is 0 Å². The normalized spacial score (nSPS) is 23.8. The molecule has 20 heavy (non-hydrogen) atoms. The van der Waals surface area contributed by atoms with Crippen LogP contribution in [0.3, 0.4) is 0 Å². The minimum absolute atomic E-state index is 0.177. The first kappa shape index (κ1) is 15.1. The SMILES string of the molecule is NC1(c2ccc(Cl)c(OC(F)(F)F)c2)CCCCC1=O. The van der Waals surface area contributed by atoms with Gasteiger partial charge in [-0.2, -0.15) is 0 Å². The highest BCUT2D eigenvalue weighted by atomic mass is 35.5. The van der Waals surface area contributed by atoms with Gasteiger partial charge in [0, 0.05) is 6.42 Å². The molecule has 0 aromatic heterocycles. The first-order valence-corrected chi connectivity index (χ1v) is 6.48. The summed E-state index contributed by atoms with van der Waals surface area (Å²) in [6.45, 7) is 0. The molecule has 2 N–H and O–H groups in total. The van der Waals surface area contributed by atoms with Crippen LogP contribution in [-0.4, -0.2) is 12.1 Å². The Bertz CT molecular complexity index is 533. The fraction of sp³-hybridized carbons (Fsp3) is 0.462. The van der Waals surface area contributed by atoms with Crippen molar-refractivity contribution in [1.29, 1.82) is 0 Å². The first-order chi connectivity index (χ1) is 9.22. The molecule has 0 amide bonds. The number of benzene rings is 1. The van der Waals surface area contributed by atoms with E-state index in [9.17, 15) is 18.0 Å². The van der Waals surface area contributed by atoms with Gasteiger partial charge in [-0.15, -0.1) is 13.2 Å². The Hall–Kier alpha value is -1.27. The number of ether oxygens (including phenoxy) is 1. The fourth-order valence-corrected chi connectivity index (χ4v) is 2.50. The zero-order chi connectivity index (χ0) is 15.0. The molecule has 1 aromatic rings. The van der Waals surface area contributed by atoms with Gasteiger partial charge in [-0.3, -0.25) is 4.79 Å². The van der Waals surface area contributed by atoms with Crippen molar-refractivity contribution in [3.63, 3.8) is 0 Å². The number of rotatable bonds is 2. The van der Waals surface area contributed by atoms with Crippen molar-refractivity contribution < 1.29 is 22.7 Å². The molecule has 0 spiro atoms. The van der Waals surface area contributed by atoms with Crippen LogP contribution in [-0.2, 0) is 10.3 Å². The number of Topliss-reactive ketones (excluding diaryl/α,β-unsaturated/α-hetero) is 1. The molecule has 0 heterocycles. The number of alkyl halides is 3. The van der Waals surface area contributed by atoms with Crippen LogP contribution in [0.1, 0.15) is 31.2 Å². The van der Waals surface area contributed by atoms with Crippen molar-refractivity contribution in [3.05, 3.63) is 28.8 Å². The Morgan fingerprint density at radius 2 is 2.00 bits per heavy atom. The average Bonchev–Trinajstić information content (AvgIpc) is 2.34. The predicted octanol–water partition coefficient (Wildman–Crippen LogP) is 3.54. The van der Waals surface area contributed by atoms with Crippen LogP contribution < -0.4 is 10.5 Å². The highest BCUT2D eigenvalue weighted by Gasteiger charge is 2.39. The molecule has 1 aliphatic rings. The van der Waals surface area contributed by atoms with Crippen LogP contribution in [0, 0.1) is 0 Å². The quantitative estimate of drug-likeness (QED) is 0.909. The lowest BCUT2D eigenvalue weighted by molar-refractivity contribution is -0.274. The molecule has 3 nitrogen and oxygen atoms in total. The summed E-state index contributed by atoms with van der Waals surface area (Å²) < 4.78 is 40.7. The van der Waals surface area contributed by atoms with E-state index in [0.29, 0.717) is 18.4 Å². The molecule has 0 saturated heterocycles. The van der Waals surface area contributed by atoms with Crippen molar-refractivity contribution in [2.45, 2.75) is 37.6 Å². The summed E-state index contributed by atoms with van der Waals surface area (Å²) >= 11 is 5.67. The highest BCUT2D eigenvalue weighted by Crippen LogP contribution is 2.37. The van der Waals surface area contributed by atoms with Gasteiger partial charge in [-0.25, -0.2) is 0 Å². The second-order valence-corrected chi connectivity index (χ2v) is 5.20. The molecule has 1 fully saturated rings. The van der Waals surface area contributed by atoms with E-state index in [1.165, 1.54) is 12.1 Å². The molecule has 110 valence electrons. The summed E-state index contributed by atoms with van der Waals surface area (Å²) in [6.07, 6.45) is -2.62. The zero-order valence-electron chi connectivity index (χ0n) is 10.5. The molecule has 1 saturated carbocycles. The number of carbonyl (C=O) groups excluding carboxylic acids is 1. The van der Waals surface area contributed by atoms with E-state index >= 15 is 0 Å². The smallest absolute Gasteiger partial charge is 0.404 e. The maximum atomic E-state index is 12.3. The van der Waals surface area contributed by atoms with Crippen LogP contribution >= 0.6 is 11.6 Å². The fourth-order valence-electron chi connectivity index (χ4n) is 2.34. The summed E-state index contributed by atoms with van der Waals surface area (Å²) in [7, 11) is 0. The van der Waals surface area contributed by atoms with E-state index in [4.69, 9.17) is 17.3 Å². The van der Waals surface area contributed by atoms with Gasteiger partial charge < -0.3 is 10.5 Å².